The van der Waals surface area contributed by atoms with Crippen LogP contribution in [0.3, 0.4) is 0 Å². The molecule has 0 amide bonds. The maximum atomic E-state index is 6.06. The van der Waals surface area contributed by atoms with E-state index in [1.807, 2.05) is 12.1 Å². The highest BCUT2D eigenvalue weighted by Crippen LogP contribution is 2.27. The third-order valence-electron chi connectivity index (χ3n) is 4.50. The van der Waals surface area contributed by atoms with Crippen molar-refractivity contribution >= 4 is 11.6 Å². The van der Waals surface area contributed by atoms with Crippen molar-refractivity contribution in [2.24, 2.45) is 0 Å². The summed E-state index contributed by atoms with van der Waals surface area (Å²) >= 11 is 6.06. The van der Waals surface area contributed by atoms with Gasteiger partial charge in [-0.05, 0) is 44.0 Å². The highest BCUT2D eigenvalue weighted by molar-refractivity contribution is 6.30. The van der Waals surface area contributed by atoms with Gasteiger partial charge >= 0.3 is 0 Å². The smallest absolute Gasteiger partial charge is 0.0409 e. The van der Waals surface area contributed by atoms with E-state index in [9.17, 15) is 0 Å². The van der Waals surface area contributed by atoms with Crippen molar-refractivity contribution in [3.63, 3.8) is 0 Å². The maximum Gasteiger partial charge on any atom is 0.0409 e. The van der Waals surface area contributed by atoms with Gasteiger partial charge in [-0.3, -0.25) is 9.80 Å². The van der Waals surface area contributed by atoms with E-state index in [4.69, 9.17) is 11.6 Å². The molecule has 0 saturated carbocycles. The van der Waals surface area contributed by atoms with Crippen molar-refractivity contribution in [3.8, 4) is 0 Å². The van der Waals surface area contributed by atoms with E-state index >= 15 is 0 Å². The first-order valence-electron chi connectivity index (χ1n) is 6.96. The quantitative estimate of drug-likeness (QED) is 0.810. The Labute approximate surface area is 115 Å². The van der Waals surface area contributed by atoms with Crippen LogP contribution in [0.4, 0.5) is 0 Å². The standard InChI is InChI=1S/C15H21ClN2/c1-12-15-6-3-7-17(15)8-9-18(12)11-13-4-2-5-14(16)10-13/h2,4-5,10,12,15H,3,6-9,11H2,1H3/t12-,15-/m0/s1. The van der Waals surface area contributed by atoms with Crippen molar-refractivity contribution in [2.75, 3.05) is 19.6 Å². The van der Waals surface area contributed by atoms with Crippen LogP contribution in [0.15, 0.2) is 24.3 Å². The summed E-state index contributed by atoms with van der Waals surface area (Å²) in [5, 5.41) is 0.847. The zero-order valence-corrected chi connectivity index (χ0v) is 11.7. The number of rotatable bonds is 2. The zero-order valence-electron chi connectivity index (χ0n) is 11.0. The molecule has 0 bridgehead atoms. The number of hydrogen-bond donors (Lipinski definition) is 0. The van der Waals surface area contributed by atoms with E-state index < -0.39 is 0 Å². The number of benzene rings is 1. The van der Waals surface area contributed by atoms with Crippen LogP contribution in [0.2, 0.25) is 5.02 Å². The Morgan fingerprint density at radius 1 is 1.28 bits per heavy atom. The van der Waals surface area contributed by atoms with Gasteiger partial charge in [0, 0.05) is 36.7 Å². The molecule has 2 atom stereocenters. The van der Waals surface area contributed by atoms with Gasteiger partial charge in [-0.15, -0.1) is 0 Å². The Kier molecular flexibility index (Phi) is 3.60. The fraction of sp³-hybridized carbons (Fsp3) is 0.600. The van der Waals surface area contributed by atoms with Crippen molar-refractivity contribution in [1.29, 1.82) is 0 Å². The van der Waals surface area contributed by atoms with Crippen LogP contribution in [0.5, 0.6) is 0 Å². The molecule has 0 aromatic heterocycles. The molecule has 0 N–H and O–H groups in total. The monoisotopic (exact) mass is 264 g/mol. The van der Waals surface area contributed by atoms with Crippen LogP contribution in [-0.4, -0.2) is 41.5 Å². The molecule has 2 heterocycles. The predicted octanol–water partition coefficient (Wildman–Crippen LogP) is 3.01. The van der Waals surface area contributed by atoms with Gasteiger partial charge in [0.1, 0.15) is 0 Å². The number of fused-ring (bicyclic) bond motifs is 1. The lowest BCUT2D eigenvalue weighted by atomic mass is 10.0. The fourth-order valence-corrected chi connectivity index (χ4v) is 3.69. The second-order valence-electron chi connectivity index (χ2n) is 5.59. The molecule has 98 valence electrons. The molecular weight excluding hydrogens is 244 g/mol. The molecule has 0 spiro atoms. The molecule has 1 aromatic rings. The first-order valence-corrected chi connectivity index (χ1v) is 7.34. The molecule has 2 aliphatic rings. The van der Waals surface area contributed by atoms with E-state index in [-0.39, 0.29) is 0 Å². The summed E-state index contributed by atoms with van der Waals surface area (Å²) < 4.78 is 0. The molecule has 0 aliphatic carbocycles. The van der Waals surface area contributed by atoms with Gasteiger partial charge < -0.3 is 0 Å². The molecule has 2 aliphatic heterocycles. The Morgan fingerprint density at radius 3 is 3.00 bits per heavy atom. The van der Waals surface area contributed by atoms with Gasteiger partial charge in [0.15, 0.2) is 0 Å². The normalized spacial score (nSPS) is 29.4. The van der Waals surface area contributed by atoms with Gasteiger partial charge in [0.05, 0.1) is 0 Å². The van der Waals surface area contributed by atoms with Crippen molar-refractivity contribution in [2.45, 2.75) is 38.4 Å². The van der Waals surface area contributed by atoms with Crippen molar-refractivity contribution < 1.29 is 0 Å². The van der Waals surface area contributed by atoms with Crippen LogP contribution in [0.25, 0.3) is 0 Å². The molecule has 2 fully saturated rings. The van der Waals surface area contributed by atoms with Crippen molar-refractivity contribution in [1.82, 2.24) is 9.80 Å². The Bertz CT molecular complexity index is 421. The Hall–Kier alpha value is -0.570. The topological polar surface area (TPSA) is 6.48 Å². The van der Waals surface area contributed by atoms with E-state index in [2.05, 4.69) is 28.9 Å². The third-order valence-corrected chi connectivity index (χ3v) is 4.73. The fourth-order valence-electron chi connectivity index (χ4n) is 3.47. The molecule has 18 heavy (non-hydrogen) atoms. The first-order chi connectivity index (χ1) is 8.74. The van der Waals surface area contributed by atoms with Gasteiger partial charge in [-0.2, -0.15) is 0 Å². The highest BCUT2D eigenvalue weighted by Gasteiger charge is 2.36. The van der Waals surface area contributed by atoms with Gasteiger partial charge in [-0.25, -0.2) is 0 Å². The minimum absolute atomic E-state index is 0.667. The van der Waals surface area contributed by atoms with Crippen LogP contribution in [-0.2, 0) is 6.54 Å². The molecule has 3 heteroatoms. The first kappa shape index (κ1) is 12.5. The summed E-state index contributed by atoms with van der Waals surface area (Å²) in [6, 6.07) is 9.71. The molecule has 0 radical (unpaired) electrons. The number of piperazine rings is 1. The molecule has 2 saturated heterocycles. The summed E-state index contributed by atoms with van der Waals surface area (Å²) in [4.78, 5) is 5.28. The molecule has 3 rings (SSSR count). The average molecular weight is 265 g/mol. The summed E-state index contributed by atoms with van der Waals surface area (Å²) in [6.07, 6.45) is 2.74. The maximum absolute atomic E-state index is 6.06. The van der Waals surface area contributed by atoms with Crippen LogP contribution in [0, 0.1) is 0 Å². The molecular formula is C15H21ClN2. The summed E-state index contributed by atoms with van der Waals surface area (Å²) in [5.41, 5.74) is 1.33. The number of hydrogen-bond acceptors (Lipinski definition) is 2. The minimum atomic E-state index is 0.667. The van der Waals surface area contributed by atoms with Crippen molar-refractivity contribution in [3.05, 3.63) is 34.9 Å². The number of nitrogens with zero attached hydrogens (tertiary/aromatic N) is 2. The second-order valence-corrected chi connectivity index (χ2v) is 6.02. The van der Waals surface area contributed by atoms with E-state index in [0.717, 1.165) is 17.6 Å². The van der Waals surface area contributed by atoms with Crippen LogP contribution >= 0.6 is 11.6 Å². The Morgan fingerprint density at radius 2 is 2.17 bits per heavy atom. The van der Waals surface area contributed by atoms with Gasteiger partial charge in [-0.1, -0.05) is 23.7 Å². The van der Waals surface area contributed by atoms with Crippen LogP contribution in [0.1, 0.15) is 25.3 Å². The molecule has 1 aromatic carbocycles. The molecule has 2 nitrogen and oxygen atoms in total. The average Bonchev–Trinajstić information content (AvgIpc) is 2.82. The lowest BCUT2D eigenvalue weighted by Gasteiger charge is -2.43. The lowest BCUT2D eigenvalue weighted by Crippen LogP contribution is -2.55. The third kappa shape index (κ3) is 2.42. The van der Waals surface area contributed by atoms with E-state index in [1.165, 1.54) is 38.0 Å². The van der Waals surface area contributed by atoms with E-state index in [0.29, 0.717) is 6.04 Å². The lowest BCUT2D eigenvalue weighted by molar-refractivity contribution is 0.0470. The zero-order chi connectivity index (χ0) is 12.5. The predicted molar refractivity (Wildman–Crippen MR) is 75.9 cm³/mol. The summed E-state index contributed by atoms with van der Waals surface area (Å²) in [6.45, 7) is 7.14. The largest absolute Gasteiger partial charge is 0.298 e. The minimum Gasteiger partial charge on any atom is -0.298 e. The van der Waals surface area contributed by atoms with E-state index in [1.54, 1.807) is 0 Å². The number of halogens is 1. The second kappa shape index (κ2) is 5.20. The molecule has 0 unspecified atom stereocenters. The Balaban J connectivity index is 1.69. The highest BCUT2D eigenvalue weighted by atomic mass is 35.5. The SMILES string of the molecule is C[C@H]1[C@@H]2CCCN2CCN1Cc1cccc(Cl)c1. The van der Waals surface area contributed by atoms with Crippen LogP contribution < -0.4 is 0 Å². The summed E-state index contributed by atoms with van der Waals surface area (Å²) in [5.74, 6) is 0. The van der Waals surface area contributed by atoms with Gasteiger partial charge in [0.2, 0.25) is 0 Å². The summed E-state index contributed by atoms with van der Waals surface area (Å²) in [7, 11) is 0. The van der Waals surface area contributed by atoms with Gasteiger partial charge in [0.25, 0.3) is 0 Å².